The Balaban J connectivity index is 2.62. The van der Waals surface area contributed by atoms with E-state index in [4.69, 9.17) is 14.7 Å². The Bertz CT molecular complexity index is 664. The van der Waals surface area contributed by atoms with Gasteiger partial charge in [-0.15, -0.1) is 0 Å². The molecule has 0 amide bonds. The predicted molar refractivity (Wildman–Crippen MR) is 93.1 cm³/mol. The molecule has 4 heteroatoms. The molecule has 23 heavy (non-hydrogen) atoms. The summed E-state index contributed by atoms with van der Waals surface area (Å²) in [6.45, 7) is 13.5. The minimum atomic E-state index is 0.00195. The van der Waals surface area contributed by atoms with Gasteiger partial charge in [0.25, 0.3) is 0 Å². The first-order valence-corrected chi connectivity index (χ1v) is 7.87. The van der Waals surface area contributed by atoms with Crippen LogP contribution in [0.2, 0.25) is 0 Å². The number of hydrogen-bond donors (Lipinski definition) is 1. The van der Waals surface area contributed by atoms with E-state index in [1.807, 2.05) is 18.2 Å². The van der Waals surface area contributed by atoms with Crippen LogP contribution in [-0.2, 0) is 4.74 Å². The van der Waals surface area contributed by atoms with Crippen LogP contribution in [-0.4, -0.2) is 24.6 Å². The Morgan fingerprint density at radius 2 is 1.96 bits per heavy atom. The maximum atomic E-state index is 9.00. The highest BCUT2D eigenvalue weighted by Gasteiger charge is 2.41. The lowest BCUT2D eigenvalue weighted by molar-refractivity contribution is 0.213. The summed E-state index contributed by atoms with van der Waals surface area (Å²) in [6.07, 6.45) is 0. The zero-order valence-electron chi connectivity index (χ0n) is 15.2. The van der Waals surface area contributed by atoms with Gasteiger partial charge in [0.15, 0.2) is 0 Å². The van der Waals surface area contributed by atoms with Crippen molar-refractivity contribution in [1.29, 1.82) is 0 Å². The smallest absolute Gasteiger partial charge is 0.128 e. The SMILES string of the molecule is COc1cc(C2=C(C(C)(C)C)C(C)(C)CO2)ccc1/C(C)=N/O. The molecule has 0 fully saturated rings. The molecule has 1 aromatic carbocycles. The fourth-order valence-electron chi connectivity index (χ4n) is 3.47. The molecule has 0 radical (unpaired) electrons. The van der Waals surface area contributed by atoms with Crippen LogP contribution in [0.4, 0.5) is 0 Å². The maximum absolute atomic E-state index is 9.00. The summed E-state index contributed by atoms with van der Waals surface area (Å²) >= 11 is 0. The molecule has 2 rings (SSSR count). The van der Waals surface area contributed by atoms with Gasteiger partial charge in [0.1, 0.15) is 11.5 Å². The standard InChI is InChI=1S/C19H27NO3/c1-12(20-21)14-9-8-13(10-15(14)22-7)16-17(18(2,3)4)19(5,6)11-23-16/h8-10,21H,11H2,1-7H3/b20-12+. The Labute approximate surface area is 138 Å². The lowest BCUT2D eigenvalue weighted by Crippen LogP contribution is -2.24. The Morgan fingerprint density at radius 1 is 1.30 bits per heavy atom. The molecule has 1 heterocycles. The van der Waals surface area contributed by atoms with Crippen LogP contribution in [0.5, 0.6) is 5.75 Å². The first-order chi connectivity index (χ1) is 10.6. The molecule has 0 unspecified atom stereocenters. The summed E-state index contributed by atoms with van der Waals surface area (Å²) < 4.78 is 11.5. The summed E-state index contributed by atoms with van der Waals surface area (Å²) in [6, 6.07) is 5.85. The quantitative estimate of drug-likeness (QED) is 0.499. The Kier molecular flexibility index (Phi) is 4.47. The number of hydrogen-bond acceptors (Lipinski definition) is 4. The van der Waals surface area contributed by atoms with E-state index in [2.05, 4.69) is 39.8 Å². The molecule has 0 bridgehead atoms. The van der Waals surface area contributed by atoms with E-state index >= 15 is 0 Å². The van der Waals surface area contributed by atoms with Gasteiger partial charge in [-0.3, -0.25) is 0 Å². The van der Waals surface area contributed by atoms with Gasteiger partial charge in [-0.1, -0.05) is 45.8 Å². The molecule has 1 aliphatic heterocycles. The van der Waals surface area contributed by atoms with E-state index in [0.29, 0.717) is 18.1 Å². The lowest BCUT2D eigenvalue weighted by atomic mass is 9.71. The summed E-state index contributed by atoms with van der Waals surface area (Å²) in [5.41, 5.74) is 3.62. The zero-order chi connectivity index (χ0) is 17.4. The summed E-state index contributed by atoms with van der Waals surface area (Å²) in [4.78, 5) is 0. The van der Waals surface area contributed by atoms with Crippen LogP contribution < -0.4 is 4.74 Å². The molecule has 0 saturated heterocycles. The molecule has 1 N–H and O–H groups in total. The minimum absolute atomic E-state index is 0.00195. The van der Waals surface area contributed by atoms with Gasteiger partial charge in [0.05, 0.1) is 19.4 Å². The van der Waals surface area contributed by atoms with Gasteiger partial charge >= 0.3 is 0 Å². The third-order valence-corrected chi connectivity index (χ3v) is 4.23. The van der Waals surface area contributed by atoms with Gasteiger partial charge < -0.3 is 14.7 Å². The molecule has 0 aromatic heterocycles. The second-order valence-electron chi connectivity index (χ2n) is 7.73. The van der Waals surface area contributed by atoms with Crippen molar-refractivity contribution in [2.75, 3.05) is 13.7 Å². The van der Waals surface area contributed by atoms with Crippen LogP contribution in [0, 0.1) is 10.8 Å². The van der Waals surface area contributed by atoms with Crippen LogP contribution in [0.25, 0.3) is 5.76 Å². The fraction of sp³-hybridized carbons (Fsp3) is 0.526. The fourth-order valence-corrected chi connectivity index (χ4v) is 3.47. The lowest BCUT2D eigenvalue weighted by Gasteiger charge is -2.30. The third-order valence-electron chi connectivity index (χ3n) is 4.23. The second-order valence-corrected chi connectivity index (χ2v) is 7.73. The van der Waals surface area contributed by atoms with Crippen LogP contribution in [0.15, 0.2) is 28.9 Å². The van der Waals surface area contributed by atoms with E-state index in [1.165, 1.54) is 5.57 Å². The van der Waals surface area contributed by atoms with Crippen LogP contribution in [0.3, 0.4) is 0 Å². The van der Waals surface area contributed by atoms with Gasteiger partial charge in [0.2, 0.25) is 0 Å². The monoisotopic (exact) mass is 317 g/mol. The van der Waals surface area contributed by atoms with Crippen molar-refractivity contribution < 1.29 is 14.7 Å². The van der Waals surface area contributed by atoms with Crippen molar-refractivity contribution in [1.82, 2.24) is 0 Å². The van der Waals surface area contributed by atoms with Crippen molar-refractivity contribution in [3.8, 4) is 5.75 Å². The van der Waals surface area contributed by atoms with Crippen molar-refractivity contribution >= 4 is 11.5 Å². The van der Waals surface area contributed by atoms with Gasteiger partial charge in [-0.25, -0.2) is 0 Å². The molecule has 1 aliphatic rings. The van der Waals surface area contributed by atoms with Crippen LogP contribution >= 0.6 is 0 Å². The average Bonchev–Trinajstić information content (AvgIpc) is 2.81. The number of oxime groups is 1. The second kappa shape index (κ2) is 5.91. The van der Waals surface area contributed by atoms with E-state index in [9.17, 15) is 0 Å². The average molecular weight is 317 g/mol. The van der Waals surface area contributed by atoms with E-state index in [1.54, 1.807) is 14.0 Å². The predicted octanol–water partition coefficient (Wildman–Crippen LogP) is 4.71. The first kappa shape index (κ1) is 17.4. The van der Waals surface area contributed by atoms with E-state index < -0.39 is 0 Å². The van der Waals surface area contributed by atoms with E-state index in [-0.39, 0.29) is 10.8 Å². The number of ether oxygens (including phenoxy) is 2. The van der Waals surface area contributed by atoms with Gasteiger partial charge in [-0.2, -0.15) is 0 Å². The van der Waals surface area contributed by atoms with Crippen molar-refractivity contribution in [2.45, 2.75) is 41.5 Å². The summed E-state index contributed by atoms with van der Waals surface area (Å²) in [7, 11) is 1.62. The highest BCUT2D eigenvalue weighted by molar-refractivity contribution is 6.01. The molecule has 126 valence electrons. The number of benzene rings is 1. The van der Waals surface area contributed by atoms with Crippen molar-refractivity contribution in [3.63, 3.8) is 0 Å². The maximum Gasteiger partial charge on any atom is 0.128 e. The molecule has 4 nitrogen and oxygen atoms in total. The van der Waals surface area contributed by atoms with Crippen molar-refractivity contribution in [3.05, 3.63) is 34.9 Å². The number of methoxy groups -OCH3 is 1. The summed E-state index contributed by atoms with van der Waals surface area (Å²) in [5.74, 6) is 1.61. The molecule has 0 saturated carbocycles. The first-order valence-electron chi connectivity index (χ1n) is 7.87. The van der Waals surface area contributed by atoms with Gasteiger partial charge in [0, 0.05) is 16.5 Å². The molecule has 1 aromatic rings. The number of nitrogens with zero attached hydrogens (tertiary/aromatic N) is 1. The number of rotatable bonds is 3. The molecule has 0 spiro atoms. The topological polar surface area (TPSA) is 51.0 Å². The van der Waals surface area contributed by atoms with Crippen LogP contribution in [0.1, 0.15) is 52.7 Å². The third kappa shape index (κ3) is 3.21. The molecular weight excluding hydrogens is 290 g/mol. The molecular formula is C19H27NO3. The largest absolute Gasteiger partial charge is 0.496 e. The Morgan fingerprint density at radius 3 is 2.48 bits per heavy atom. The minimum Gasteiger partial charge on any atom is -0.496 e. The highest BCUT2D eigenvalue weighted by Crippen LogP contribution is 2.49. The zero-order valence-corrected chi connectivity index (χ0v) is 15.2. The molecule has 0 aliphatic carbocycles. The normalized spacial score (nSPS) is 18.1. The summed E-state index contributed by atoms with van der Waals surface area (Å²) in [5, 5.41) is 12.3. The van der Waals surface area contributed by atoms with E-state index in [0.717, 1.165) is 16.9 Å². The molecule has 0 atom stereocenters. The Hall–Kier alpha value is -1.97. The highest BCUT2D eigenvalue weighted by atomic mass is 16.5. The van der Waals surface area contributed by atoms with Gasteiger partial charge in [-0.05, 0) is 30.0 Å². The van der Waals surface area contributed by atoms with Crippen molar-refractivity contribution in [2.24, 2.45) is 16.0 Å².